The summed E-state index contributed by atoms with van der Waals surface area (Å²) in [7, 11) is 0. The van der Waals surface area contributed by atoms with Gasteiger partial charge in [-0.2, -0.15) is 0 Å². The van der Waals surface area contributed by atoms with Crippen LogP contribution in [0.15, 0.2) is 29.8 Å². The number of rotatable bonds is 6. The van der Waals surface area contributed by atoms with E-state index >= 15 is 0 Å². The van der Waals surface area contributed by atoms with Gasteiger partial charge in [0.1, 0.15) is 0 Å². The molecule has 0 aliphatic carbocycles. The number of pyridine rings is 1. The smallest absolute Gasteiger partial charge is 0.324 e. The minimum Gasteiger partial charge on any atom is -0.476 e. The quantitative estimate of drug-likeness (QED) is 0.649. The number of thiophene rings is 1. The second-order valence-corrected chi connectivity index (χ2v) is 4.58. The zero-order valence-electron chi connectivity index (χ0n) is 10.3. The van der Waals surface area contributed by atoms with Crippen molar-refractivity contribution >= 4 is 22.0 Å². The van der Waals surface area contributed by atoms with Crippen LogP contribution in [0.2, 0.25) is 0 Å². The van der Waals surface area contributed by atoms with E-state index in [1.54, 1.807) is 23.7 Å². The van der Waals surface area contributed by atoms with Crippen molar-refractivity contribution in [1.29, 1.82) is 0 Å². The molecule has 2 rings (SSSR count). The summed E-state index contributed by atoms with van der Waals surface area (Å²) in [6, 6.07) is 5.23. The molecule has 0 saturated heterocycles. The van der Waals surface area contributed by atoms with Crippen LogP contribution in [-0.4, -0.2) is 16.5 Å². The van der Waals surface area contributed by atoms with E-state index in [1.807, 2.05) is 13.0 Å². The summed E-state index contributed by atoms with van der Waals surface area (Å²) >= 11 is 1.12. The first kappa shape index (κ1) is 13.3. The van der Waals surface area contributed by atoms with Gasteiger partial charge >= 0.3 is 5.00 Å². The molecular weight excluding hydrogens is 266 g/mol. The maximum atomic E-state index is 10.6. The van der Waals surface area contributed by atoms with Crippen LogP contribution in [0.5, 0.6) is 5.88 Å². The summed E-state index contributed by atoms with van der Waals surface area (Å²) in [6.07, 6.45) is 1.66. The number of nitrogens with zero attached hydrogens (tertiary/aromatic N) is 2. The Morgan fingerprint density at radius 1 is 1.58 bits per heavy atom. The maximum absolute atomic E-state index is 10.6. The first-order chi connectivity index (χ1) is 9.20. The summed E-state index contributed by atoms with van der Waals surface area (Å²) in [6.45, 7) is 2.92. The number of ether oxygens (including phenoxy) is 1. The fourth-order valence-corrected chi connectivity index (χ4v) is 2.25. The van der Waals surface area contributed by atoms with Gasteiger partial charge in [-0.15, -0.1) is 0 Å². The van der Waals surface area contributed by atoms with Gasteiger partial charge in [-0.1, -0.05) is 11.3 Å². The molecule has 0 aromatic carbocycles. The molecule has 0 atom stereocenters. The van der Waals surface area contributed by atoms with Gasteiger partial charge in [0.05, 0.1) is 17.2 Å². The second-order valence-electron chi connectivity index (χ2n) is 3.69. The van der Waals surface area contributed by atoms with Crippen molar-refractivity contribution < 1.29 is 9.66 Å². The predicted molar refractivity (Wildman–Crippen MR) is 73.7 cm³/mol. The van der Waals surface area contributed by atoms with E-state index in [-0.39, 0.29) is 9.92 Å². The van der Waals surface area contributed by atoms with Crippen LogP contribution in [0.25, 0.3) is 0 Å². The number of anilines is 1. The standard InChI is InChI=1S/C12H13N3O3S/c1-2-18-12-10(4-3-5-13-12)14-7-9-6-11(15(16)17)19-8-9/h3-6,8,14H,2,7H2,1H3. The molecule has 19 heavy (non-hydrogen) atoms. The Morgan fingerprint density at radius 3 is 3.11 bits per heavy atom. The van der Waals surface area contributed by atoms with E-state index in [0.717, 1.165) is 22.6 Å². The van der Waals surface area contributed by atoms with Crippen molar-refractivity contribution in [2.75, 3.05) is 11.9 Å². The highest BCUT2D eigenvalue weighted by molar-refractivity contribution is 7.13. The first-order valence-corrected chi connectivity index (χ1v) is 6.62. The first-order valence-electron chi connectivity index (χ1n) is 5.74. The largest absolute Gasteiger partial charge is 0.476 e. The number of nitro groups is 1. The highest BCUT2D eigenvalue weighted by atomic mass is 32.1. The van der Waals surface area contributed by atoms with Gasteiger partial charge in [0, 0.05) is 24.2 Å². The van der Waals surface area contributed by atoms with Crippen molar-refractivity contribution in [2.24, 2.45) is 0 Å². The molecule has 0 unspecified atom stereocenters. The van der Waals surface area contributed by atoms with E-state index in [0.29, 0.717) is 19.0 Å². The molecule has 100 valence electrons. The third kappa shape index (κ3) is 3.41. The molecule has 0 radical (unpaired) electrons. The summed E-state index contributed by atoms with van der Waals surface area (Å²) in [5.74, 6) is 0.537. The van der Waals surface area contributed by atoms with Crippen LogP contribution >= 0.6 is 11.3 Å². The Morgan fingerprint density at radius 2 is 2.42 bits per heavy atom. The molecule has 0 aliphatic heterocycles. The molecule has 0 spiro atoms. The maximum Gasteiger partial charge on any atom is 0.324 e. The fourth-order valence-electron chi connectivity index (χ4n) is 1.53. The molecule has 6 nitrogen and oxygen atoms in total. The Hall–Kier alpha value is -2.15. The lowest BCUT2D eigenvalue weighted by Gasteiger charge is -2.09. The van der Waals surface area contributed by atoms with E-state index in [9.17, 15) is 10.1 Å². The minimum atomic E-state index is -0.385. The molecule has 7 heteroatoms. The second kappa shape index (κ2) is 6.14. The Labute approximate surface area is 114 Å². The van der Waals surface area contributed by atoms with E-state index in [1.165, 1.54) is 0 Å². The van der Waals surface area contributed by atoms with Crippen LogP contribution in [0, 0.1) is 10.1 Å². The highest BCUT2D eigenvalue weighted by Crippen LogP contribution is 2.25. The van der Waals surface area contributed by atoms with Crippen molar-refractivity contribution in [1.82, 2.24) is 4.98 Å². The minimum absolute atomic E-state index is 0.146. The van der Waals surface area contributed by atoms with Gasteiger partial charge < -0.3 is 10.1 Å². The normalized spacial score (nSPS) is 10.2. The molecule has 0 aliphatic rings. The molecule has 0 fully saturated rings. The zero-order valence-corrected chi connectivity index (χ0v) is 11.1. The lowest BCUT2D eigenvalue weighted by Crippen LogP contribution is -2.03. The van der Waals surface area contributed by atoms with Gasteiger partial charge in [-0.25, -0.2) is 4.98 Å². The van der Waals surface area contributed by atoms with Crippen LogP contribution < -0.4 is 10.1 Å². The Bertz CT molecular complexity index is 571. The monoisotopic (exact) mass is 279 g/mol. The van der Waals surface area contributed by atoms with Crippen molar-refractivity contribution in [3.63, 3.8) is 0 Å². The van der Waals surface area contributed by atoms with Crippen LogP contribution in [-0.2, 0) is 6.54 Å². The van der Waals surface area contributed by atoms with Gasteiger partial charge in [0.15, 0.2) is 0 Å². The third-order valence-corrected chi connectivity index (χ3v) is 3.28. The summed E-state index contributed by atoms with van der Waals surface area (Å²) in [5, 5.41) is 15.7. The SMILES string of the molecule is CCOc1ncccc1NCc1csc([N+](=O)[O-])c1. The lowest BCUT2D eigenvalue weighted by molar-refractivity contribution is -0.380. The van der Waals surface area contributed by atoms with E-state index in [2.05, 4.69) is 10.3 Å². The van der Waals surface area contributed by atoms with Gasteiger partial charge in [0.2, 0.25) is 5.88 Å². The highest BCUT2D eigenvalue weighted by Gasteiger charge is 2.10. The molecular formula is C12H13N3O3S. The number of aromatic nitrogens is 1. The average molecular weight is 279 g/mol. The van der Waals surface area contributed by atoms with Crippen molar-refractivity contribution in [3.05, 3.63) is 45.5 Å². The lowest BCUT2D eigenvalue weighted by atomic mass is 10.3. The summed E-state index contributed by atoms with van der Waals surface area (Å²) in [4.78, 5) is 14.3. The summed E-state index contributed by atoms with van der Waals surface area (Å²) < 4.78 is 5.39. The van der Waals surface area contributed by atoms with Crippen LogP contribution in [0.4, 0.5) is 10.7 Å². The number of hydrogen-bond donors (Lipinski definition) is 1. The van der Waals surface area contributed by atoms with Crippen molar-refractivity contribution in [2.45, 2.75) is 13.5 Å². The molecule has 0 amide bonds. The third-order valence-electron chi connectivity index (χ3n) is 2.36. The van der Waals surface area contributed by atoms with Gasteiger partial charge in [-0.3, -0.25) is 10.1 Å². The van der Waals surface area contributed by atoms with Gasteiger partial charge in [0.25, 0.3) is 0 Å². The molecule has 2 aromatic rings. The molecule has 0 bridgehead atoms. The predicted octanol–water partition coefficient (Wildman–Crippen LogP) is 3.06. The molecule has 2 aromatic heterocycles. The van der Waals surface area contributed by atoms with Crippen LogP contribution in [0.3, 0.4) is 0 Å². The molecule has 0 saturated carbocycles. The topological polar surface area (TPSA) is 77.3 Å². The Balaban J connectivity index is 2.03. The fraction of sp³-hybridized carbons (Fsp3) is 0.250. The zero-order chi connectivity index (χ0) is 13.7. The van der Waals surface area contributed by atoms with E-state index < -0.39 is 0 Å². The van der Waals surface area contributed by atoms with Crippen molar-refractivity contribution in [3.8, 4) is 5.88 Å². The van der Waals surface area contributed by atoms with Gasteiger partial charge in [-0.05, 0) is 24.6 Å². The molecule has 2 heterocycles. The Kier molecular flexibility index (Phi) is 4.30. The van der Waals surface area contributed by atoms with Crippen LogP contribution in [0.1, 0.15) is 12.5 Å². The summed E-state index contributed by atoms with van der Waals surface area (Å²) in [5.41, 5.74) is 1.64. The number of hydrogen-bond acceptors (Lipinski definition) is 6. The number of nitrogens with one attached hydrogen (secondary N) is 1. The molecule has 1 N–H and O–H groups in total. The average Bonchev–Trinajstić information content (AvgIpc) is 2.87. The van der Waals surface area contributed by atoms with E-state index in [4.69, 9.17) is 4.74 Å².